The predicted octanol–water partition coefficient (Wildman–Crippen LogP) is 5.41. The van der Waals surface area contributed by atoms with Crippen LogP contribution in [0.25, 0.3) is 0 Å². The van der Waals surface area contributed by atoms with Gasteiger partial charge in [0.15, 0.2) is 5.60 Å². The summed E-state index contributed by atoms with van der Waals surface area (Å²) in [6.07, 6.45) is 15.9. The smallest absolute Gasteiger partial charge is 0.340 e. The van der Waals surface area contributed by atoms with E-state index in [4.69, 9.17) is 9.47 Å². The SMILES string of the molecule is CCCCCCCCCCCCC[C@H]1O[C@@]1(C)C(=O)OCC. The third-order valence-corrected chi connectivity index (χ3v) is 4.69. The van der Waals surface area contributed by atoms with E-state index in [2.05, 4.69) is 6.92 Å². The van der Waals surface area contributed by atoms with Crippen molar-refractivity contribution in [3.05, 3.63) is 0 Å². The van der Waals surface area contributed by atoms with Crippen LogP contribution in [0.5, 0.6) is 0 Å². The second-order valence-corrected chi connectivity index (χ2v) is 6.76. The molecule has 0 saturated carbocycles. The number of unbranched alkanes of at least 4 members (excludes halogenated alkanes) is 10. The number of carbonyl (C=O) groups excluding carboxylic acids is 1. The van der Waals surface area contributed by atoms with Crippen molar-refractivity contribution < 1.29 is 14.3 Å². The van der Waals surface area contributed by atoms with Gasteiger partial charge in [0.25, 0.3) is 0 Å². The van der Waals surface area contributed by atoms with Gasteiger partial charge in [0.05, 0.1) is 12.7 Å². The second kappa shape index (κ2) is 11.0. The Balaban J connectivity index is 1.86. The number of hydrogen-bond acceptors (Lipinski definition) is 3. The van der Waals surface area contributed by atoms with Gasteiger partial charge in [0.1, 0.15) is 0 Å². The van der Waals surface area contributed by atoms with E-state index in [1.165, 1.54) is 64.2 Å². The summed E-state index contributed by atoms with van der Waals surface area (Å²) < 4.78 is 10.6. The predicted molar refractivity (Wildman–Crippen MR) is 91.0 cm³/mol. The summed E-state index contributed by atoms with van der Waals surface area (Å²) in [5.41, 5.74) is -0.644. The lowest BCUT2D eigenvalue weighted by molar-refractivity contribution is -0.148. The van der Waals surface area contributed by atoms with E-state index in [9.17, 15) is 4.79 Å². The lowest BCUT2D eigenvalue weighted by Crippen LogP contribution is -2.26. The molecule has 1 aliphatic rings. The first-order valence-corrected chi connectivity index (χ1v) is 9.50. The second-order valence-electron chi connectivity index (χ2n) is 6.76. The van der Waals surface area contributed by atoms with Crippen LogP contribution in [0.1, 0.15) is 97.8 Å². The van der Waals surface area contributed by atoms with E-state index >= 15 is 0 Å². The molecule has 1 aliphatic heterocycles. The minimum atomic E-state index is -0.644. The lowest BCUT2D eigenvalue weighted by atomic mass is 10.0. The average Bonchev–Trinajstić information content (AvgIpc) is 3.17. The molecular weight excluding hydrogens is 276 g/mol. The van der Waals surface area contributed by atoms with Crippen molar-refractivity contribution in [3.8, 4) is 0 Å². The van der Waals surface area contributed by atoms with Crippen LogP contribution >= 0.6 is 0 Å². The van der Waals surface area contributed by atoms with Gasteiger partial charge < -0.3 is 9.47 Å². The maximum absolute atomic E-state index is 11.7. The third kappa shape index (κ3) is 7.13. The van der Waals surface area contributed by atoms with Crippen LogP contribution in [0.2, 0.25) is 0 Å². The Hall–Kier alpha value is -0.570. The zero-order chi connectivity index (χ0) is 16.3. The highest BCUT2D eigenvalue weighted by molar-refractivity contribution is 5.82. The number of carbonyl (C=O) groups is 1. The Morgan fingerprint density at radius 2 is 1.41 bits per heavy atom. The third-order valence-electron chi connectivity index (χ3n) is 4.69. The van der Waals surface area contributed by atoms with Gasteiger partial charge in [0, 0.05) is 0 Å². The van der Waals surface area contributed by atoms with Crippen molar-refractivity contribution in [1.82, 2.24) is 0 Å². The van der Waals surface area contributed by atoms with Gasteiger partial charge in [-0.25, -0.2) is 4.79 Å². The molecule has 0 aliphatic carbocycles. The van der Waals surface area contributed by atoms with Crippen LogP contribution in [0.3, 0.4) is 0 Å². The van der Waals surface area contributed by atoms with Crippen molar-refractivity contribution in [2.45, 2.75) is 110 Å². The Kier molecular flexibility index (Phi) is 9.77. The quantitative estimate of drug-likeness (QED) is 0.244. The van der Waals surface area contributed by atoms with E-state index < -0.39 is 5.60 Å². The summed E-state index contributed by atoms with van der Waals surface area (Å²) in [4.78, 5) is 11.7. The number of esters is 1. The average molecular weight is 312 g/mol. The lowest BCUT2D eigenvalue weighted by Gasteiger charge is -2.05. The minimum Gasteiger partial charge on any atom is -0.464 e. The molecule has 3 nitrogen and oxygen atoms in total. The first-order chi connectivity index (χ1) is 10.6. The molecule has 1 heterocycles. The Morgan fingerprint density at radius 3 is 1.91 bits per heavy atom. The summed E-state index contributed by atoms with van der Waals surface area (Å²) in [7, 11) is 0. The Bertz CT molecular complexity index is 303. The zero-order valence-corrected chi connectivity index (χ0v) is 15.0. The molecule has 0 radical (unpaired) electrons. The molecule has 0 spiro atoms. The van der Waals surface area contributed by atoms with Crippen LogP contribution in [0, 0.1) is 0 Å². The van der Waals surface area contributed by atoms with E-state index in [0.717, 1.165) is 12.8 Å². The maximum atomic E-state index is 11.7. The molecule has 1 fully saturated rings. The molecule has 0 aromatic carbocycles. The number of ether oxygens (including phenoxy) is 2. The molecule has 1 saturated heterocycles. The van der Waals surface area contributed by atoms with Gasteiger partial charge in [-0.1, -0.05) is 77.6 Å². The summed E-state index contributed by atoms with van der Waals surface area (Å²) in [6, 6.07) is 0. The highest BCUT2D eigenvalue weighted by Gasteiger charge is 2.59. The molecule has 0 bridgehead atoms. The van der Waals surface area contributed by atoms with Gasteiger partial charge in [0.2, 0.25) is 0 Å². The van der Waals surface area contributed by atoms with Gasteiger partial charge in [-0.2, -0.15) is 0 Å². The van der Waals surface area contributed by atoms with Crippen molar-refractivity contribution in [1.29, 1.82) is 0 Å². The van der Waals surface area contributed by atoms with Crippen molar-refractivity contribution in [3.63, 3.8) is 0 Å². The largest absolute Gasteiger partial charge is 0.464 e. The van der Waals surface area contributed by atoms with Crippen molar-refractivity contribution >= 4 is 5.97 Å². The summed E-state index contributed by atoms with van der Waals surface area (Å²) in [5.74, 6) is -0.192. The molecule has 22 heavy (non-hydrogen) atoms. The van der Waals surface area contributed by atoms with Crippen molar-refractivity contribution in [2.75, 3.05) is 6.61 Å². The monoisotopic (exact) mass is 312 g/mol. The van der Waals surface area contributed by atoms with E-state index in [0.29, 0.717) is 6.61 Å². The molecule has 0 aromatic rings. The topological polar surface area (TPSA) is 38.8 Å². The fourth-order valence-corrected chi connectivity index (χ4v) is 3.04. The van der Waals surface area contributed by atoms with E-state index in [-0.39, 0.29) is 12.1 Å². The first kappa shape index (κ1) is 19.5. The van der Waals surface area contributed by atoms with Crippen LogP contribution in [0.4, 0.5) is 0 Å². The van der Waals surface area contributed by atoms with E-state index in [1.807, 2.05) is 13.8 Å². The van der Waals surface area contributed by atoms with Crippen LogP contribution in [-0.4, -0.2) is 24.3 Å². The highest BCUT2D eigenvalue weighted by Crippen LogP contribution is 2.40. The Morgan fingerprint density at radius 1 is 0.909 bits per heavy atom. The van der Waals surface area contributed by atoms with Crippen molar-refractivity contribution in [2.24, 2.45) is 0 Å². The molecule has 0 unspecified atom stereocenters. The maximum Gasteiger partial charge on any atom is 0.340 e. The van der Waals surface area contributed by atoms with Crippen LogP contribution < -0.4 is 0 Å². The molecule has 0 N–H and O–H groups in total. The highest BCUT2D eigenvalue weighted by atomic mass is 16.7. The van der Waals surface area contributed by atoms with Gasteiger partial charge in [-0.05, 0) is 20.3 Å². The van der Waals surface area contributed by atoms with E-state index in [1.54, 1.807) is 0 Å². The minimum absolute atomic E-state index is 0.0881. The van der Waals surface area contributed by atoms with Gasteiger partial charge in [-0.15, -0.1) is 0 Å². The normalized spacial score (nSPS) is 23.5. The zero-order valence-electron chi connectivity index (χ0n) is 15.0. The first-order valence-electron chi connectivity index (χ1n) is 9.50. The van der Waals surface area contributed by atoms with Crippen LogP contribution in [-0.2, 0) is 14.3 Å². The Labute approximate surface area is 137 Å². The fraction of sp³-hybridized carbons (Fsp3) is 0.947. The standard InChI is InChI=1S/C19H36O3/c1-4-6-7-8-9-10-11-12-13-14-15-16-17-19(3,22-17)18(20)21-5-2/h17H,4-16H2,1-3H3/t17-,19-/m1/s1. The summed E-state index contributed by atoms with van der Waals surface area (Å²) in [5, 5.41) is 0. The molecular formula is C19H36O3. The molecule has 3 heteroatoms. The van der Waals surface area contributed by atoms with Gasteiger partial charge >= 0.3 is 5.97 Å². The summed E-state index contributed by atoms with van der Waals surface area (Å²) in [6.45, 7) is 6.39. The molecule has 130 valence electrons. The number of rotatable bonds is 14. The molecule has 2 atom stereocenters. The number of epoxide rings is 1. The number of hydrogen-bond donors (Lipinski definition) is 0. The van der Waals surface area contributed by atoms with Gasteiger partial charge in [-0.3, -0.25) is 0 Å². The molecule has 1 rings (SSSR count). The fourth-order valence-electron chi connectivity index (χ4n) is 3.04. The summed E-state index contributed by atoms with van der Waals surface area (Å²) >= 11 is 0. The molecule has 0 amide bonds. The molecule has 0 aromatic heterocycles. The van der Waals surface area contributed by atoms with Crippen LogP contribution in [0.15, 0.2) is 0 Å².